The topological polar surface area (TPSA) is 72.7 Å². The number of aromatic nitrogens is 2. The van der Waals surface area contributed by atoms with Gasteiger partial charge in [-0.3, -0.25) is 0 Å². The van der Waals surface area contributed by atoms with E-state index >= 15 is 0 Å². The summed E-state index contributed by atoms with van der Waals surface area (Å²) in [5.74, 6) is -0.527. The second-order valence-electron chi connectivity index (χ2n) is 4.55. The highest BCUT2D eigenvalue weighted by atomic mass is 35.5. The van der Waals surface area contributed by atoms with Gasteiger partial charge in [0, 0.05) is 11.4 Å². The van der Waals surface area contributed by atoms with E-state index in [0.717, 1.165) is 0 Å². The molecular formula is C14H10ClFN4OS. The number of rotatable bonds is 2. The Morgan fingerprint density at radius 3 is 2.41 bits per heavy atom. The van der Waals surface area contributed by atoms with Gasteiger partial charge in [-0.1, -0.05) is 11.6 Å². The fourth-order valence-corrected chi connectivity index (χ4v) is 2.33. The van der Waals surface area contributed by atoms with Gasteiger partial charge in [-0.05, 0) is 48.6 Å². The first kappa shape index (κ1) is 14.6. The molecule has 2 aromatic carbocycles. The third kappa shape index (κ3) is 3.10. The number of thiocarbonyl (C=S) groups is 1. The molecule has 3 rings (SSSR count). The van der Waals surface area contributed by atoms with Crippen molar-refractivity contribution >= 4 is 51.3 Å². The lowest BCUT2D eigenvalue weighted by atomic mass is 10.3. The van der Waals surface area contributed by atoms with E-state index in [1.807, 2.05) is 0 Å². The number of fused-ring (bicyclic) bond motifs is 1. The molecule has 1 heterocycles. The van der Waals surface area contributed by atoms with Crippen LogP contribution in [0.25, 0.3) is 11.0 Å². The van der Waals surface area contributed by atoms with Gasteiger partial charge in [0.25, 0.3) is 0 Å². The molecule has 8 heteroatoms. The molecule has 1 aromatic heterocycles. The van der Waals surface area contributed by atoms with E-state index in [2.05, 4.69) is 20.6 Å². The molecule has 0 bridgehead atoms. The van der Waals surface area contributed by atoms with Gasteiger partial charge in [-0.25, -0.2) is 9.18 Å². The first-order chi connectivity index (χ1) is 10.5. The molecule has 0 atom stereocenters. The van der Waals surface area contributed by atoms with Crippen molar-refractivity contribution in [2.45, 2.75) is 0 Å². The van der Waals surface area contributed by atoms with Gasteiger partial charge in [-0.2, -0.15) is 0 Å². The standard InChI is InChI=1S/C14H10ClFN4OS/c15-9-3-1-7(5-10(9)16)17-14(22)18-8-2-4-11-12(6-8)20-13(21)19-11/h1-6H,(H2,17,18,22)(H2,19,20,21). The lowest BCUT2D eigenvalue weighted by Gasteiger charge is -2.11. The second-order valence-corrected chi connectivity index (χ2v) is 5.36. The average molecular weight is 337 g/mol. The lowest BCUT2D eigenvalue weighted by molar-refractivity contribution is 0.629. The van der Waals surface area contributed by atoms with Gasteiger partial charge in [0.15, 0.2) is 5.11 Å². The van der Waals surface area contributed by atoms with Crippen LogP contribution in [-0.2, 0) is 0 Å². The number of benzene rings is 2. The Hall–Kier alpha value is -2.38. The summed E-state index contributed by atoms with van der Waals surface area (Å²) in [5.41, 5.74) is 2.26. The minimum absolute atomic E-state index is 0.0475. The highest BCUT2D eigenvalue weighted by molar-refractivity contribution is 7.80. The summed E-state index contributed by atoms with van der Waals surface area (Å²) in [5, 5.41) is 6.15. The monoisotopic (exact) mass is 336 g/mol. The summed E-state index contributed by atoms with van der Waals surface area (Å²) in [7, 11) is 0. The van der Waals surface area contributed by atoms with Gasteiger partial charge in [-0.15, -0.1) is 0 Å². The van der Waals surface area contributed by atoms with Crippen LogP contribution < -0.4 is 16.3 Å². The quantitative estimate of drug-likeness (QED) is 0.541. The van der Waals surface area contributed by atoms with Crippen molar-refractivity contribution in [2.75, 3.05) is 10.6 Å². The van der Waals surface area contributed by atoms with Crippen LogP contribution in [0.4, 0.5) is 15.8 Å². The summed E-state index contributed by atoms with van der Waals surface area (Å²) >= 11 is 10.8. The van der Waals surface area contributed by atoms with Crippen molar-refractivity contribution in [2.24, 2.45) is 0 Å². The van der Waals surface area contributed by atoms with E-state index in [9.17, 15) is 9.18 Å². The fourth-order valence-electron chi connectivity index (χ4n) is 1.98. The van der Waals surface area contributed by atoms with Crippen LogP contribution in [0, 0.1) is 5.82 Å². The largest absolute Gasteiger partial charge is 0.332 e. The molecule has 0 saturated carbocycles. The highest BCUT2D eigenvalue weighted by Crippen LogP contribution is 2.19. The molecule has 0 radical (unpaired) electrons. The number of nitrogens with one attached hydrogen (secondary N) is 4. The normalized spacial score (nSPS) is 10.6. The van der Waals surface area contributed by atoms with Gasteiger partial charge >= 0.3 is 5.69 Å². The highest BCUT2D eigenvalue weighted by Gasteiger charge is 2.04. The van der Waals surface area contributed by atoms with Crippen molar-refractivity contribution in [1.29, 1.82) is 0 Å². The summed E-state index contributed by atoms with van der Waals surface area (Å²) in [6, 6.07) is 9.57. The zero-order valence-corrected chi connectivity index (χ0v) is 12.6. The first-order valence-electron chi connectivity index (χ1n) is 6.26. The van der Waals surface area contributed by atoms with Crippen LogP contribution in [0.5, 0.6) is 0 Å². The summed E-state index contributed by atoms with van der Waals surface area (Å²) in [6.07, 6.45) is 0. The van der Waals surface area contributed by atoms with Crippen LogP contribution in [0.1, 0.15) is 0 Å². The number of anilines is 2. The minimum atomic E-state index is -0.527. The zero-order chi connectivity index (χ0) is 15.7. The molecule has 0 aliphatic carbocycles. The molecule has 4 N–H and O–H groups in total. The number of H-pyrrole nitrogens is 2. The molecule has 0 unspecified atom stereocenters. The Balaban J connectivity index is 1.74. The Labute approximate surface area is 134 Å². The van der Waals surface area contributed by atoms with Gasteiger partial charge in [0.05, 0.1) is 16.1 Å². The van der Waals surface area contributed by atoms with Crippen molar-refractivity contribution in [3.63, 3.8) is 0 Å². The van der Waals surface area contributed by atoms with E-state index in [-0.39, 0.29) is 10.7 Å². The van der Waals surface area contributed by atoms with Crippen LogP contribution >= 0.6 is 23.8 Å². The Morgan fingerprint density at radius 1 is 1.05 bits per heavy atom. The Morgan fingerprint density at radius 2 is 1.68 bits per heavy atom. The molecule has 5 nitrogen and oxygen atoms in total. The number of aromatic amines is 2. The molecule has 112 valence electrons. The molecule has 0 saturated heterocycles. The van der Waals surface area contributed by atoms with E-state index < -0.39 is 5.82 Å². The van der Waals surface area contributed by atoms with E-state index in [1.54, 1.807) is 24.3 Å². The predicted octanol–water partition coefficient (Wildman–Crippen LogP) is 3.46. The lowest BCUT2D eigenvalue weighted by Crippen LogP contribution is -2.19. The van der Waals surface area contributed by atoms with Crippen LogP contribution in [0.15, 0.2) is 41.2 Å². The van der Waals surface area contributed by atoms with E-state index in [4.69, 9.17) is 23.8 Å². The first-order valence-corrected chi connectivity index (χ1v) is 7.05. The third-order valence-electron chi connectivity index (χ3n) is 2.95. The van der Waals surface area contributed by atoms with Crippen molar-refractivity contribution < 1.29 is 4.39 Å². The maximum atomic E-state index is 13.4. The smallest absolute Gasteiger partial charge is 0.323 e. The third-order valence-corrected chi connectivity index (χ3v) is 3.46. The maximum absolute atomic E-state index is 13.4. The minimum Gasteiger partial charge on any atom is -0.332 e. The van der Waals surface area contributed by atoms with E-state index in [1.165, 1.54) is 12.1 Å². The Bertz CT molecular complexity index is 921. The summed E-state index contributed by atoms with van der Waals surface area (Å²) in [4.78, 5) is 16.5. The van der Waals surface area contributed by atoms with Crippen molar-refractivity contribution in [1.82, 2.24) is 9.97 Å². The van der Waals surface area contributed by atoms with Crippen molar-refractivity contribution in [3.05, 3.63) is 57.7 Å². The molecule has 0 fully saturated rings. The van der Waals surface area contributed by atoms with Crippen LogP contribution in [0.2, 0.25) is 5.02 Å². The van der Waals surface area contributed by atoms with Gasteiger partial charge in [0.2, 0.25) is 0 Å². The number of imidazole rings is 1. The predicted molar refractivity (Wildman–Crippen MR) is 90.2 cm³/mol. The Kier molecular flexibility index (Phi) is 3.82. The summed E-state index contributed by atoms with van der Waals surface area (Å²) in [6.45, 7) is 0. The molecule has 22 heavy (non-hydrogen) atoms. The zero-order valence-electron chi connectivity index (χ0n) is 11.0. The molecule has 0 aliphatic heterocycles. The molecule has 0 spiro atoms. The fraction of sp³-hybridized carbons (Fsp3) is 0. The van der Waals surface area contributed by atoms with Crippen LogP contribution in [0.3, 0.4) is 0 Å². The molecule has 0 aliphatic rings. The SMILES string of the molecule is O=c1[nH]c2ccc(NC(=S)Nc3ccc(Cl)c(F)c3)cc2[nH]1. The summed E-state index contributed by atoms with van der Waals surface area (Å²) < 4.78 is 13.4. The van der Waals surface area contributed by atoms with Crippen LogP contribution in [-0.4, -0.2) is 15.1 Å². The second kappa shape index (κ2) is 5.78. The molecular weight excluding hydrogens is 327 g/mol. The molecule has 3 aromatic rings. The molecule has 0 amide bonds. The van der Waals surface area contributed by atoms with E-state index in [0.29, 0.717) is 27.5 Å². The number of hydrogen-bond donors (Lipinski definition) is 4. The van der Waals surface area contributed by atoms with Gasteiger partial charge < -0.3 is 20.6 Å². The maximum Gasteiger partial charge on any atom is 0.323 e. The van der Waals surface area contributed by atoms with Gasteiger partial charge in [0.1, 0.15) is 5.82 Å². The number of hydrogen-bond acceptors (Lipinski definition) is 2. The number of halogens is 2. The van der Waals surface area contributed by atoms with Crippen molar-refractivity contribution in [3.8, 4) is 0 Å². The average Bonchev–Trinajstić information content (AvgIpc) is 2.82.